The van der Waals surface area contributed by atoms with Crippen molar-refractivity contribution in [2.45, 2.75) is 18.4 Å². The van der Waals surface area contributed by atoms with Crippen LogP contribution in [0.5, 0.6) is 0 Å². The number of halogens is 1. The minimum absolute atomic E-state index is 0.115. The van der Waals surface area contributed by atoms with E-state index >= 15 is 0 Å². The van der Waals surface area contributed by atoms with Crippen LogP contribution in [-0.4, -0.2) is 48.7 Å². The van der Waals surface area contributed by atoms with E-state index in [9.17, 15) is 0 Å². The average molecular weight is 322 g/mol. The first-order valence-electron chi connectivity index (χ1n) is 6.98. The van der Waals surface area contributed by atoms with Gasteiger partial charge in [0.2, 0.25) is 0 Å². The van der Waals surface area contributed by atoms with Gasteiger partial charge in [0, 0.05) is 47.5 Å². The number of benzene rings is 1. The number of rotatable bonds is 1. The molecule has 3 atom stereocenters. The summed E-state index contributed by atoms with van der Waals surface area (Å²) in [5, 5.41) is 0. The first kappa shape index (κ1) is 12.3. The molecule has 4 saturated heterocycles. The minimum atomic E-state index is 0.115. The van der Waals surface area contributed by atoms with E-state index in [0.717, 1.165) is 37.3 Å². The molecule has 4 heterocycles. The molecule has 0 amide bonds. The lowest BCUT2D eigenvalue weighted by Gasteiger charge is -2.67. The van der Waals surface area contributed by atoms with Crippen LogP contribution in [0, 0.1) is 5.41 Å². The van der Waals surface area contributed by atoms with Crippen molar-refractivity contribution in [2.24, 2.45) is 11.1 Å². The summed E-state index contributed by atoms with van der Waals surface area (Å²) in [4.78, 5) is 5.16. The van der Waals surface area contributed by atoms with Crippen molar-refractivity contribution >= 4 is 15.9 Å². The molecule has 0 aromatic heterocycles. The van der Waals surface area contributed by atoms with Gasteiger partial charge in [-0.3, -0.25) is 9.80 Å². The molecule has 1 aromatic carbocycles. The smallest absolute Gasteiger partial charge is 0.0507 e. The monoisotopic (exact) mass is 321 g/mol. The standard InChI is InChI=1S/C15H20BrN3/c1-14-6-18-8-15(13(14)17,9-19(7-14)10-18)11-2-4-12(16)5-3-11/h2-5,13H,6-10,17H2,1H3. The predicted octanol–water partition coefficient (Wildman–Crippen LogP) is 1.62. The van der Waals surface area contributed by atoms with E-state index in [1.165, 1.54) is 5.56 Å². The molecule has 102 valence electrons. The van der Waals surface area contributed by atoms with Crippen LogP contribution < -0.4 is 5.73 Å². The highest BCUT2D eigenvalue weighted by Crippen LogP contribution is 2.49. The van der Waals surface area contributed by atoms with Crippen LogP contribution in [0.1, 0.15) is 12.5 Å². The van der Waals surface area contributed by atoms with Crippen molar-refractivity contribution in [2.75, 3.05) is 32.8 Å². The molecule has 0 aliphatic carbocycles. The fourth-order valence-corrected chi connectivity index (χ4v) is 4.98. The van der Waals surface area contributed by atoms with Gasteiger partial charge in [-0.1, -0.05) is 35.0 Å². The number of nitrogens with two attached hydrogens (primary N) is 1. The summed E-state index contributed by atoms with van der Waals surface area (Å²) in [5.41, 5.74) is 8.50. The molecule has 5 rings (SSSR count). The second-order valence-corrected chi connectivity index (χ2v) is 7.83. The van der Waals surface area contributed by atoms with Crippen molar-refractivity contribution in [3.63, 3.8) is 0 Å². The van der Waals surface area contributed by atoms with E-state index in [1.54, 1.807) is 0 Å². The highest BCUT2D eigenvalue weighted by Gasteiger charge is 2.60. The molecule has 1 aromatic rings. The van der Waals surface area contributed by atoms with Crippen LogP contribution in [0.3, 0.4) is 0 Å². The van der Waals surface area contributed by atoms with Crippen molar-refractivity contribution in [3.8, 4) is 0 Å². The Bertz CT molecular complexity index is 499. The third-order valence-electron chi connectivity index (χ3n) is 5.35. The topological polar surface area (TPSA) is 32.5 Å². The van der Waals surface area contributed by atoms with E-state index in [-0.39, 0.29) is 16.9 Å². The average Bonchev–Trinajstić information content (AvgIpc) is 2.35. The molecule has 4 fully saturated rings. The predicted molar refractivity (Wildman–Crippen MR) is 79.9 cm³/mol. The molecular formula is C15H20BrN3. The van der Waals surface area contributed by atoms with Gasteiger partial charge in [-0.15, -0.1) is 0 Å². The van der Waals surface area contributed by atoms with E-state index in [0.29, 0.717) is 0 Å². The fraction of sp³-hybridized carbons (Fsp3) is 0.600. The van der Waals surface area contributed by atoms with Gasteiger partial charge in [0.25, 0.3) is 0 Å². The molecule has 4 heteroatoms. The van der Waals surface area contributed by atoms with Crippen molar-refractivity contribution in [3.05, 3.63) is 34.3 Å². The van der Waals surface area contributed by atoms with Gasteiger partial charge < -0.3 is 5.73 Å². The Morgan fingerprint density at radius 3 is 2.26 bits per heavy atom. The van der Waals surface area contributed by atoms with E-state index in [4.69, 9.17) is 5.73 Å². The third kappa shape index (κ3) is 1.60. The van der Waals surface area contributed by atoms with Gasteiger partial charge in [-0.25, -0.2) is 0 Å². The van der Waals surface area contributed by atoms with Crippen LogP contribution in [0.15, 0.2) is 28.7 Å². The molecule has 3 unspecified atom stereocenters. The number of hydrogen-bond acceptors (Lipinski definition) is 3. The Hall–Kier alpha value is -0.420. The molecule has 4 bridgehead atoms. The summed E-state index contributed by atoms with van der Waals surface area (Å²) in [6, 6.07) is 9.06. The molecule has 2 N–H and O–H groups in total. The van der Waals surface area contributed by atoms with E-state index < -0.39 is 0 Å². The van der Waals surface area contributed by atoms with Gasteiger partial charge in [-0.2, -0.15) is 0 Å². The van der Waals surface area contributed by atoms with Crippen molar-refractivity contribution in [1.29, 1.82) is 0 Å². The van der Waals surface area contributed by atoms with Gasteiger partial charge in [0.15, 0.2) is 0 Å². The van der Waals surface area contributed by atoms with Gasteiger partial charge >= 0.3 is 0 Å². The van der Waals surface area contributed by atoms with Crippen LogP contribution in [-0.2, 0) is 5.41 Å². The number of nitrogens with zero attached hydrogens (tertiary/aromatic N) is 2. The quantitative estimate of drug-likeness (QED) is 0.853. The normalized spacial score (nSPS) is 47.6. The largest absolute Gasteiger partial charge is 0.326 e. The van der Waals surface area contributed by atoms with Gasteiger partial charge in [-0.05, 0) is 17.7 Å². The third-order valence-corrected chi connectivity index (χ3v) is 5.88. The Balaban J connectivity index is 1.82. The maximum absolute atomic E-state index is 6.74. The first-order chi connectivity index (χ1) is 9.02. The highest BCUT2D eigenvalue weighted by atomic mass is 79.9. The minimum Gasteiger partial charge on any atom is -0.326 e. The van der Waals surface area contributed by atoms with E-state index in [1.807, 2.05) is 0 Å². The maximum Gasteiger partial charge on any atom is 0.0507 e. The van der Waals surface area contributed by atoms with Crippen molar-refractivity contribution < 1.29 is 0 Å². The summed E-state index contributed by atoms with van der Waals surface area (Å²) < 4.78 is 1.14. The first-order valence-corrected chi connectivity index (χ1v) is 7.78. The zero-order valence-electron chi connectivity index (χ0n) is 11.3. The number of hydrogen-bond donors (Lipinski definition) is 1. The molecule has 0 spiro atoms. The summed E-state index contributed by atoms with van der Waals surface area (Å²) in [7, 11) is 0. The number of piperidine rings is 2. The lowest BCUT2D eigenvalue weighted by molar-refractivity contribution is -0.142. The summed E-state index contributed by atoms with van der Waals surface area (Å²) >= 11 is 3.53. The summed E-state index contributed by atoms with van der Waals surface area (Å²) in [6.07, 6.45) is 0. The Kier molecular flexibility index (Phi) is 2.48. The molecule has 19 heavy (non-hydrogen) atoms. The molecule has 0 radical (unpaired) electrons. The zero-order chi connectivity index (χ0) is 13.3. The zero-order valence-corrected chi connectivity index (χ0v) is 12.9. The summed E-state index contributed by atoms with van der Waals surface area (Å²) in [5.74, 6) is 0. The molecular weight excluding hydrogens is 302 g/mol. The Morgan fingerprint density at radius 1 is 1.11 bits per heavy atom. The summed E-state index contributed by atoms with van der Waals surface area (Å²) in [6.45, 7) is 8.03. The lowest BCUT2D eigenvalue weighted by atomic mass is 9.57. The molecule has 3 nitrogen and oxygen atoms in total. The Labute approximate surface area is 122 Å². The Morgan fingerprint density at radius 2 is 1.68 bits per heavy atom. The second kappa shape index (κ2) is 3.82. The van der Waals surface area contributed by atoms with Gasteiger partial charge in [0.05, 0.1) is 6.67 Å². The van der Waals surface area contributed by atoms with Gasteiger partial charge in [0.1, 0.15) is 0 Å². The SMILES string of the molecule is CC12CN3CN(C1)CC(c1ccc(Br)cc1)(C3)C2N. The van der Waals surface area contributed by atoms with Crippen LogP contribution in [0.25, 0.3) is 0 Å². The second-order valence-electron chi connectivity index (χ2n) is 6.91. The molecule has 4 aliphatic rings. The molecule has 0 saturated carbocycles. The van der Waals surface area contributed by atoms with Crippen LogP contribution in [0.2, 0.25) is 0 Å². The van der Waals surface area contributed by atoms with Crippen LogP contribution in [0.4, 0.5) is 0 Å². The lowest BCUT2D eigenvalue weighted by Crippen LogP contribution is -2.80. The fourth-order valence-electron chi connectivity index (χ4n) is 4.72. The maximum atomic E-state index is 6.74. The molecule has 4 aliphatic heterocycles. The highest BCUT2D eigenvalue weighted by molar-refractivity contribution is 9.10. The van der Waals surface area contributed by atoms with Crippen molar-refractivity contribution in [1.82, 2.24) is 9.80 Å². The van der Waals surface area contributed by atoms with E-state index in [2.05, 4.69) is 56.9 Å². The van der Waals surface area contributed by atoms with Crippen LogP contribution >= 0.6 is 15.9 Å².